The molecule has 4 aromatic heterocycles. The molecule has 1 unspecified atom stereocenters. The second-order valence-electron chi connectivity index (χ2n) is 7.49. The number of halogens is 2. The number of hydrogen-bond acceptors (Lipinski definition) is 8. The SMILES string of the molecule is CC1(c2ccc(F)cn2)C(=O)Nc2nc(-c3cn4ncnc4c(CCCF)n3)nc(N)c21. The van der Waals surface area contributed by atoms with Crippen LogP contribution in [0, 0.1) is 5.82 Å². The molecular weight excluding hydrogens is 420 g/mol. The number of nitrogens with zero attached hydrogens (tertiary/aromatic N) is 7. The summed E-state index contributed by atoms with van der Waals surface area (Å²) in [6.07, 6.45) is 4.63. The molecule has 0 spiro atoms. The summed E-state index contributed by atoms with van der Waals surface area (Å²) in [7, 11) is 0. The Hall–Kier alpha value is -4.09. The summed E-state index contributed by atoms with van der Waals surface area (Å²) in [6.45, 7) is 1.14. The molecule has 32 heavy (non-hydrogen) atoms. The highest BCUT2D eigenvalue weighted by Gasteiger charge is 2.48. The van der Waals surface area contributed by atoms with Crippen LogP contribution in [0.5, 0.6) is 0 Å². The first-order valence-electron chi connectivity index (χ1n) is 9.79. The van der Waals surface area contributed by atoms with Gasteiger partial charge in [-0.05, 0) is 31.9 Å². The Balaban J connectivity index is 1.63. The van der Waals surface area contributed by atoms with E-state index in [4.69, 9.17) is 5.73 Å². The fraction of sp³-hybridized carbons (Fsp3) is 0.250. The van der Waals surface area contributed by atoms with Crippen molar-refractivity contribution >= 4 is 23.2 Å². The van der Waals surface area contributed by atoms with E-state index in [1.807, 2.05) is 0 Å². The largest absolute Gasteiger partial charge is 0.383 e. The fourth-order valence-corrected chi connectivity index (χ4v) is 3.84. The molecule has 1 aliphatic heterocycles. The van der Waals surface area contributed by atoms with Crippen LogP contribution in [0.25, 0.3) is 17.2 Å². The van der Waals surface area contributed by atoms with Gasteiger partial charge >= 0.3 is 0 Å². The Morgan fingerprint density at radius 1 is 1.22 bits per heavy atom. The first-order chi connectivity index (χ1) is 15.4. The van der Waals surface area contributed by atoms with E-state index < -0.39 is 23.8 Å². The standard InChI is InChI=1S/C20H17F2N9O/c1-20(13-5-4-10(22)7-24-13)14-15(23)28-16(29-17(14)30-19(20)32)12-8-31-18(25-9-26-31)11(27-12)3-2-6-21/h4-5,7-9H,2-3,6H2,1H3,(H3,23,28,29,30,32). The van der Waals surface area contributed by atoms with E-state index in [1.54, 1.807) is 13.1 Å². The maximum Gasteiger partial charge on any atom is 0.242 e. The van der Waals surface area contributed by atoms with Gasteiger partial charge in [0.2, 0.25) is 5.91 Å². The van der Waals surface area contributed by atoms with Crippen LogP contribution >= 0.6 is 0 Å². The number of alkyl halides is 1. The van der Waals surface area contributed by atoms with Gasteiger partial charge in [0.15, 0.2) is 11.5 Å². The molecule has 12 heteroatoms. The van der Waals surface area contributed by atoms with Crippen LogP contribution in [0.2, 0.25) is 0 Å². The predicted molar refractivity (Wildman–Crippen MR) is 110 cm³/mol. The first kappa shape index (κ1) is 19.8. The average Bonchev–Trinajstić information content (AvgIpc) is 3.35. The van der Waals surface area contributed by atoms with Crippen LogP contribution in [-0.2, 0) is 16.6 Å². The molecule has 5 rings (SSSR count). The van der Waals surface area contributed by atoms with Crippen molar-refractivity contribution in [2.24, 2.45) is 0 Å². The van der Waals surface area contributed by atoms with E-state index in [2.05, 4.69) is 35.3 Å². The molecule has 0 fully saturated rings. The van der Waals surface area contributed by atoms with E-state index in [1.165, 1.54) is 23.0 Å². The number of carbonyl (C=O) groups excluding carboxylic acids is 1. The quantitative estimate of drug-likeness (QED) is 0.483. The summed E-state index contributed by atoms with van der Waals surface area (Å²) in [5, 5.41) is 6.84. The predicted octanol–water partition coefficient (Wildman–Crippen LogP) is 1.86. The van der Waals surface area contributed by atoms with Gasteiger partial charge in [-0.2, -0.15) is 5.10 Å². The zero-order chi connectivity index (χ0) is 22.5. The molecule has 0 saturated carbocycles. The van der Waals surface area contributed by atoms with Crippen LogP contribution in [0.3, 0.4) is 0 Å². The molecule has 10 nitrogen and oxygen atoms in total. The maximum atomic E-state index is 13.4. The third-order valence-corrected chi connectivity index (χ3v) is 5.47. The number of anilines is 2. The van der Waals surface area contributed by atoms with Crippen LogP contribution in [0.15, 0.2) is 30.9 Å². The number of nitrogens with two attached hydrogens (primary N) is 1. The Morgan fingerprint density at radius 2 is 2.06 bits per heavy atom. The van der Waals surface area contributed by atoms with Crippen molar-refractivity contribution in [2.75, 3.05) is 17.7 Å². The lowest BCUT2D eigenvalue weighted by Crippen LogP contribution is -2.34. The summed E-state index contributed by atoms with van der Waals surface area (Å²) < 4.78 is 27.6. The second kappa shape index (κ2) is 7.25. The molecule has 4 aromatic rings. The molecule has 0 bridgehead atoms. The van der Waals surface area contributed by atoms with Crippen molar-refractivity contribution in [1.82, 2.24) is 34.5 Å². The molecule has 1 atom stereocenters. The van der Waals surface area contributed by atoms with E-state index >= 15 is 0 Å². The monoisotopic (exact) mass is 437 g/mol. The van der Waals surface area contributed by atoms with Gasteiger partial charge < -0.3 is 11.1 Å². The van der Waals surface area contributed by atoms with Gasteiger partial charge in [-0.15, -0.1) is 0 Å². The normalized spacial score (nSPS) is 17.5. The van der Waals surface area contributed by atoms with Crippen molar-refractivity contribution in [2.45, 2.75) is 25.2 Å². The van der Waals surface area contributed by atoms with Crippen molar-refractivity contribution in [3.05, 3.63) is 53.6 Å². The molecule has 1 amide bonds. The summed E-state index contributed by atoms with van der Waals surface area (Å²) >= 11 is 0. The van der Waals surface area contributed by atoms with Crippen molar-refractivity contribution in [3.8, 4) is 11.5 Å². The van der Waals surface area contributed by atoms with Crippen molar-refractivity contribution in [3.63, 3.8) is 0 Å². The summed E-state index contributed by atoms with van der Waals surface area (Å²) in [5.74, 6) is -0.488. The van der Waals surface area contributed by atoms with E-state index in [9.17, 15) is 13.6 Å². The lowest BCUT2D eigenvalue weighted by atomic mass is 9.81. The molecule has 5 heterocycles. The molecule has 0 radical (unpaired) electrons. The van der Waals surface area contributed by atoms with Gasteiger partial charge in [-0.3, -0.25) is 14.2 Å². The maximum absolute atomic E-state index is 13.4. The van der Waals surface area contributed by atoms with Crippen molar-refractivity contribution in [1.29, 1.82) is 0 Å². The van der Waals surface area contributed by atoms with Crippen LogP contribution < -0.4 is 11.1 Å². The van der Waals surface area contributed by atoms with E-state index in [0.717, 1.165) is 6.20 Å². The van der Waals surface area contributed by atoms with Crippen molar-refractivity contribution < 1.29 is 13.6 Å². The highest BCUT2D eigenvalue weighted by atomic mass is 19.1. The third-order valence-electron chi connectivity index (χ3n) is 5.47. The topological polar surface area (TPSA) is 137 Å². The Kier molecular flexibility index (Phi) is 4.50. The second-order valence-corrected chi connectivity index (χ2v) is 7.49. The lowest BCUT2D eigenvalue weighted by Gasteiger charge is -2.22. The number of aromatic nitrogens is 7. The highest BCUT2D eigenvalue weighted by Crippen LogP contribution is 2.44. The van der Waals surface area contributed by atoms with Gasteiger partial charge in [-0.25, -0.2) is 28.8 Å². The average molecular weight is 437 g/mol. The number of nitrogens with one attached hydrogen (secondary N) is 1. The van der Waals surface area contributed by atoms with Gasteiger partial charge in [0.1, 0.15) is 34.9 Å². The molecule has 0 aromatic carbocycles. The number of carbonyl (C=O) groups is 1. The number of fused-ring (bicyclic) bond motifs is 2. The number of hydrogen-bond donors (Lipinski definition) is 2. The summed E-state index contributed by atoms with van der Waals surface area (Å²) in [4.78, 5) is 34.5. The molecule has 162 valence electrons. The summed E-state index contributed by atoms with van der Waals surface area (Å²) in [6, 6.07) is 2.65. The fourth-order valence-electron chi connectivity index (χ4n) is 3.84. The zero-order valence-electron chi connectivity index (χ0n) is 16.9. The van der Waals surface area contributed by atoms with Gasteiger partial charge in [-0.1, -0.05) is 0 Å². The van der Waals surface area contributed by atoms with Crippen LogP contribution in [0.4, 0.5) is 20.4 Å². The Bertz CT molecular complexity index is 1360. The Labute approximate surface area is 180 Å². The number of amides is 1. The lowest BCUT2D eigenvalue weighted by molar-refractivity contribution is -0.119. The third kappa shape index (κ3) is 2.94. The van der Waals surface area contributed by atoms with Crippen LogP contribution in [0.1, 0.15) is 30.3 Å². The minimum atomic E-state index is -1.29. The smallest absolute Gasteiger partial charge is 0.242 e. The summed E-state index contributed by atoms with van der Waals surface area (Å²) in [5.41, 5.74) is 7.05. The van der Waals surface area contributed by atoms with E-state index in [-0.39, 0.29) is 23.9 Å². The number of nitrogen functional groups attached to an aromatic ring is 1. The minimum Gasteiger partial charge on any atom is -0.383 e. The molecule has 3 N–H and O–H groups in total. The van der Waals surface area contributed by atoms with Gasteiger partial charge in [0, 0.05) is 0 Å². The number of pyridine rings is 1. The molecule has 0 saturated heterocycles. The zero-order valence-corrected chi connectivity index (χ0v) is 16.9. The van der Waals surface area contributed by atoms with Gasteiger partial charge in [0.25, 0.3) is 0 Å². The Morgan fingerprint density at radius 3 is 2.81 bits per heavy atom. The minimum absolute atomic E-state index is 0.0581. The van der Waals surface area contributed by atoms with Gasteiger partial charge in [0.05, 0.1) is 36.0 Å². The number of aryl methyl sites for hydroxylation is 1. The first-order valence-corrected chi connectivity index (χ1v) is 9.79. The molecule has 1 aliphatic rings. The van der Waals surface area contributed by atoms with Crippen LogP contribution in [-0.4, -0.2) is 47.1 Å². The molecule has 0 aliphatic carbocycles. The highest BCUT2D eigenvalue weighted by molar-refractivity contribution is 6.08. The molecular formula is C20H17F2N9O. The van der Waals surface area contributed by atoms with E-state index in [0.29, 0.717) is 34.7 Å². The number of rotatable bonds is 5.